The second-order valence-electron chi connectivity index (χ2n) is 8.87. The number of allylic oxidation sites excluding steroid dienone is 2. The van der Waals surface area contributed by atoms with Gasteiger partial charge in [0.05, 0.1) is 29.1 Å². The van der Waals surface area contributed by atoms with Crippen LogP contribution in [-0.2, 0) is 9.53 Å². The number of nitriles is 1. The first-order valence-electron chi connectivity index (χ1n) is 11.9. The Labute approximate surface area is 206 Å². The van der Waals surface area contributed by atoms with Gasteiger partial charge in [-0.15, -0.1) is 0 Å². The lowest BCUT2D eigenvalue weighted by Gasteiger charge is -2.36. The fourth-order valence-electron chi connectivity index (χ4n) is 4.71. The van der Waals surface area contributed by atoms with E-state index in [-0.39, 0.29) is 18.1 Å². The number of likely N-dealkylation sites (tertiary alicyclic amines) is 1. The van der Waals surface area contributed by atoms with Gasteiger partial charge in [-0.1, -0.05) is 43.0 Å². The normalized spacial score (nSPS) is 22.2. The molecule has 2 unspecified atom stereocenters. The van der Waals surface area contributed by atoms with Crippen molar-refractivity contribution in [3.63, 3.8) is 0 Å². The molecule has 1 amide bonds. The summed E-state index contributed by atoms with van der Waals surface area (Å²) in [5.41, 5.74) is 3.67. The number of rotatable bonds is 8. The minimum absolute atomic E-state index is 0.0946. The van der Waals surface area contributed by atoms with Crippen molar-refractivity contribution in [1.29, 1.82) is 5.26 Å². The highest BCUT2D eigenvalue weighted by Gasteiger charge is 2.26. The summed E-state index contributed by atoms with van der Waals surface area (Å²) in [4.78, 5) is 15.2. The van der Waals surface area contributed by atoms with E-state index in [0.717, 1.165) is 49.3 Å². The van der Waals surface area contributed by atoms with Crippen LogP contribution >= 0.6 is 0 Å². The fraction of sp³-hybridized carbons (Fsp3) is 0.321. The van der Waals surface area contributed by atoms with Crippen molar-refractivity contribution in [2.24, 2.45) is 5.92 Å². The quantitative estimate of drug-likeness (QED) is 0.571. The lowest BCUT2D eigenvalue weighted by Crippen LogP contribution is -2.49. The molecule has 35 heavy (non-hydrogen) atoms. The average Bonchev–Trinajstić information content (AvgIpc) is 3.31. The summed E-state index contributed by atoms with van der Waals surface area (Å²) >= 11 is 0. The minimum atomic E-state index is -0.130. The molecule has 4 rings (SSSR count). The number of carbonyl (C=O) groups excluding carboxylic acids is 1. The Morgan fingerprint density at radius 2 is 2.14 bits per heavy atom. The zero-order valence-electron chi connectivity index (χ0n) is 20.0. The van der Waals surface area contributed by atoms with Gasteiger partial charge in [-0.05, 0) is 43.7 Å². The van der Waals surface area contributed by atoms with E-state index in [9.17, 15) is 4.79 Å². The zero-order valence-corrected chi connectivity index (χ0v) is 20.0. The number of benzene rings is 1. The smallest absolute Gasteiger partial charge is 0.244 e. The number of carbonyl (C=O) groups is 1. The Balaban J connectivity index is 1.39. The zero-order chi connectivity index (χ0) is 24.6. The summed E-state index contributed by atoms with van der Waals surface area (Å²) in [6, 6.07) is 9.42. The molecule has 1 saturated heterocycles. The van der Waals surface area contributed by atoms with Gasteiger partial charge in [0.2, 0.25) is 5.91 Å². The van der Waals surface area contributed by atoms with Gasteiger partial charge in [-0.2, -0.15) is 10.4 Å². The lowest BCUT2D eigenvalue weighted by molar-refractivity contribution is -0.117. The highest BCUT2D eigenvalue weighted by Crippen LogP contribution is 2.26. The summed E-state index contributed by atoms with van der Waals surface area (Å²) in [5, 5.41) is 19.6. The van der Waals surface area contributed by atoms with Crippen LogP contribution in [0, 0.1) is 17.2 Å². The molecule has 1 aromatic carbocycles. The van der Waals surface area contributed by atoms with Crippen LogP contribution in [-0.4, -0.2) is 59.9 Å². The molecular formula is C28H31N5O2. The molecule has 0 spiro atoms. The first kappa shape index (κ1) is 24.4. The largest absolute Gasteiger partial charge is 0.377 e. The van der Waals surface area contributed by atoms with Crippen LogP contribution < -0.4 is 5.32 Å². The van der Waals surface area contributed by atoms with Crippen LogP contribution in [0.1, 0.15) is 29.7 Å². The van der Waals surface area contributed by atoms with Crippen LogP contribution in [0.3, 0.4) is 0 Å². The predicted molar refractivity (Wildman–Crippen MR) is 138 cm³/mol. The molecule has 1 aromatic heterocycles. The van der Waals surface area contributed by atoms with E-state index in [1.807, 2.05) is 18.2 Å². The summed E-state index contributed by atoms with van der Waals surface area (Å²) in [6.07, 6.45) is 15.5. The molecule has 0 radical (unpaired) electrons. The number of methoxy groups -OCH3 is 1. The highest BCUT2D eigenvalue weighted by molar-refractivity contribution is 5.93. The number of amides is 1. The summed E-state index contributed by atoms with van der Waals surface area (Å²) < 4.78 is 5.60. The average molecular weight is 470 g/mol. The van der Waals surface area contributed by atoms with E-state index in [2.05, 4.69) is 51.3 Å². The SMILES string of the molecule is C=Cc1[nH]nc(-c2ccc(C#N)cc2)c1/C=C/C(=O)N[C@@H]1CCCN(CC2C=CC=CC2OC)C1. The molecule has 2 N–H and O–H groups in total. The van der Waals surface area contributed by atoms with Crippen molar-refractivity contribution in [3.05, 3.63) is 78.0 Å². The Morgan fingerprint density at radius 1 is 1.34 bits per heavy atom. The van der Waals surface area contributed by atoms with Crippen molar-refractivity contribution < 1.29 is 9.53 Å². The number of aromatic amines is 1. The van der Waals surface area contributed by atoms with Crippen molar-refractivity contribution >= 4 is 18.1 Å². The van der Waals surface area contributed by atoms with E-state index >= 15 is 0 Å². The molecule has 1 aliphatic heterocycles. The Hall–Kier alpha value is -3.73. The fourth-order valence-corrected chi connectivity index (χ4v) is 4.71. The molecule has 0 saturated carbocycles. The number of piperidine rings is 1. The van der Waals surface area contributed by atoms with Crippen LogP contribution in [0.2, 0.25) is 0 Å². The number of H-pyrrole nitrogens is 1. The molecule has 180 valence electrons. The van der Waals surface area contributed by atoms with Gasteiger partial charge in [0.25, 0.3) is 0 Å². The maximum atomic E-state index is 12.8. The first-order chi connectivity index (χ1) is 17.1. The maximum Gasteiger partial charge on any atom is 0.244 e. The number of ether oxygens (including phenoxy) is 1. The summed E-state index contributed by atoms with van der Waals surface area (Å²) in [7, 11) is 1.75. The molecule has 2 heterocycles. The van der Waals surface area contributed by atoms with Crippen LogP contribution in [0.5, 0.6) is 0 Å². The van der Waals surface area contributed by atoms with Crippen LogP contribution in [0.25, 0.3) is 23.4 Å². The topological polar surface area (TPSA) is 94.0 Å². The molecule has 1 aliphatic carbocycles. The van der Waals surface area contributed by atoms with E-state index in [1.54, 1.807) is 37.5 Å². The molecule has 7 heteroatoms. The number of hydrogen-bond acceptors (Lipinski definition) is 5. The van der Waals surface area contributed by atoms with Crippen molar-refractivity contribution in [3.8, 4) is 17.3 Å². The molecule has 7 nitrogen and oxygen atoms in total. The van der Waals surface area contributed by atoms with E-state index in [4.69, 9.17) is 10.00 Å². The van der Waals surface area contributed by atoms with Gasteiger partial charge in [0, 0.05) is 49.4 Å². The van der Waals surface area contributed by atoms with Gasteiger partial charge in [-0.3, -0.25) is 9.89 Å². The van der Waals surface area contributed by atoms with Gasteiger partial charge < -0.3 is 15.0 Å². The molecule has 1 fully saturated rings. The van der Waals surface area contributed by atoms with Crippen molar-refractivity contribution in [2.75, 3.05) is 26.7 Å². The molecule has 2 aromatic rings. The standard InChI is InChI=1S/C28H31N5O2/c1-3-25-24(28(32-31-25)21-12-10-20(17-29)11-13-21)14-15-27(34)30-23-8-6-16-33(19-23)18-22-7-4-5-9-26(22)35-2/h3-5,7,9-15,22-23,26H,1,6,8,16,18-19H2,2H3,(H,30,34)(H,31,32)/b15-14+/t22?,23-,26?/m1/s1. The molecule has 2 aliphatic rings. The van der Waals surface area contributed by atoms with Gasteiger partial charge >= 0.3 is 0 Å². The number of hydrogen-bond donors (Lipinski definition) is 2. The number of nitrogens with one attached hydrogen (secondary N) is 2. The van der Waals surface area contributed by atoms with E-state index in [1.165, 1.54) is 0 Å². The van der Waals surface area contributed by atoms with Crippen molar-refractivity contribution in [1.82, 2.24) is 20.4 Å². The Bertz CT molecular complexity index is 1170. The highest BCUT2D eigenvalue weighted by atomic mass is 16.5. The van der Waals surface area contributed by atoms with Gasteiger partial charge in [0.15, 0.2) is 0 Å². The summed E-state index contributed by atoms with van der Waals surface area (Å²) in [5.74, 6) is 0.188. The third-order valence-corrected chi connectivity index (χ3v) is 6.51. The van der Waals surface area contributed by atoms with E-state index < -0.39 is 0 Å². The van der Waals surface area contributed by atoms with Gasteiger partial charge in [-0.25, -0.2) is 0 Å². The Kier molecular flexibility index (Phi) is 8.09. The summed E-state index contributed by atoms with van der Waals surface area (Å²) in [6.45, 7) is 6.60. The van der Waals surface area contributed by atoms with Crippen molar-refractivity contribution in [2.45, 2.75) is 25.0 Å². The lowest BCUT2D eigenvalue weighted by atomic mass is 9.95. The monoisotopic (exact) mass is 469 g/mol. The molecular weight excluding hydrogens is 438 g/mol. The third kappa shape index (κ3) is 6.04. The minimum Gasteiger partial charge on any atom is -0.377 e. The molecule has 0 bridgehead atoms. The Morgan fingerprint density at radius 3 is 2.89 bits per heavy atom. The van der Waals surface area contributed by atoms with Crippen LogP contribution in [0.15, 0.2) is 61.2 Å². The number of nitrogens with zero attached hydrogens (tertiary/aromatic N) is 3. The van der Waals surface area contributed by atoms with E-state index in [0.29, 0.717) is 17.2 Å². The predicted octanol–water partition coefficient (Wildman–Crippen LogP) is 3.94. The van der Waals surface area contributed by atoms with Crippen LogP contribution in [0.4, 0.5) is 0 Å². The number of aromatic nitrogens is 2. The molecule has 3 atom stereocenters. The second-order valence-corrected chi connectivity index (χ2v) is 8.87. The third-order valence-electron chi connectivity index (χ3n) is 6.51. The second kappa shape index (κ2) is 11.6. The van der Waals surface area contributed by atoms with Gasteiger partial charge in [0.1, 0.15) is 0 Å². The first-order valence-corrected chi connectivity index (χ1v) is 11.9. The maximum absolute atomic E-state index is 12.8.